The number of benzene rings is 10. The van der Waals surface area contributed by atoms with Crippen molar-refractivity contribution >= 4 is 0 Å². The first-order valence-corrected chi connectivity index (χ1v) is 22.5. The van der Waals surface area contributed by atoms with Crippen LogP contribution in [-0.4, -0.2) is 9.97 Å². The van der Waals surface area contributed by atoms with Crippen LogP contribution >= 0.6 is 0 Å². The summed E-state index contributed by atoms with van der Waals surface area (Å²) < 4.78 is 0. The third kappa shape index (κ3) is 8.16. The molecule has 0 saturated heterocycles. The van der Waals surface area contributed by atoms with Crippen molar-refractivity contribution in [3.8, 4) is 112 Å². The molecule has 1 heterocycles. The summed E-state index contributed by atoms with van der Waals surface area (Å²) in [4.78, 5) is 10.6. The van der Waals surface area contributed by atoms with Crippen LogP contribution in [0.3, 0.4) is 0 Å². The average Bonchev–Trinajstić information content (AvgIpc) is 3.42. The van der Waals surface area contributed by atoms with Crippen molar-refractivity contribution in [1.29, 1.82) is 0 Å². The molecular formula is C64H44N2. The highest BCUT2D eigenvalue weighted by Gasteiger charge is 2.24. The molecule has 2 nitrogen and oxygen atoms in total. The number of aromatic nitrogens is 2. The van der Waals surface area contributed by atoms with Gasteiger partial charge in [0.2, 0.25) is 0 Å². The first kappa shape index (κ1) is 40.1. The molecule has 0 aliphatic rings. The van der Waals surface area contributed by atoms with Gasteiger partial charge in [-0.3, -0.25) is 0 Å². The van der Waals surface area contributed by atoms with E-state index in [9.17, 15) is 0 Å². The molecule has 0 atom stereocenters. The predicted molar refractivity (Wildman–Crippen MR) is 276 cm³/mol. The Kier molecular flexibility index (Phi) is 11.0. The summed E-state index contributed by atoms with van der Waals surface area (Å²) in [5.74, 6) is 0.672. The number of hydrogen-bond donors (Lipinski definition) is 0. The van der Waals surface area contributed by atoms with Gasteiger partial charge in [0.15, 0.2) is 5.82 Å². The second-order valence-corrected chi connectivity index (χ2v) is 16.5. The average molecular weight is 841 g/mol. The molecule has 11 rings (SSSR count). The zero-order valence-electron chi connectivity index (χ0n) is 36.3. The second kappa shape index (κ2) is 18.2. The standard InChI is InChI=1S/C64H44N2/c1-7-19-45(20-8-1)47-31-37-51(38-32-47)59-44-60(52-39-33-48(34-40-52)46-21-9-2-10-22-46)66-64(65-59)56-41-35-50(36-42-56)58-43-57(49-23-11-3-12-24-49)61(53-25-13-4-14-26-53)63(55-29-17-6-18-30-55)62(58)54-27-15-5-16-28-54/h1-44H. The summed E-state index contributed by atoms with van der Waals surface area (Å²) in [7, 11) is 0. The van der Waals surface area contributed by atoms with Gasteiger partial charge in [-0.05, 0) is 90.0 Å². The van der Waals surface area contributed by atoms with Crippen molar-refractivity contribution in [3.63, 3.8) is 0 Å². The summed E-state index contributed by atoms with van der Waals surface area (Å²) in [5.41, 5.74) is 21.1. The molecule has 66 heavy (non-hydrogen) atoms. The Morgan fingerprint density at radius 3 is 0.818 bits per heavy atom. The zero-order valence-corrected chi connectivity index (χ0v) is 36.3. The van der Waals surface area contributed by atoms with Gasteiger partial charge in [-0.15, -0.1) is 0 Å². The molecule has 10 aromatic carbocycles. The fourth-order valence-corrected chi connectivity index (χ4v) is 9.06. The highest BCUT2D eigenvalue weighted by molar-refractivity contribution is 6.07. The van der Waals surface area contributed by atoms with E-state index >= 15 is 0 Å². The molecule has 11 aromatic rings. The summed E-state index contributed by atoms with van der Waals surface area (Å²) in [6, 6.07) is 95.0. The molecule has 0 aliphatic heterocycles. The zero-order chi connectivity index (χ0) is 44.1. The molecule has 0 radical (unpaired) electrons. The molecule has 0 amide bonds. The molecule has 2 heteroatoms. The molecule has 1 aromatic heterocycles. The van der Waals surface area contributed by atoms with Crippen LogP contribution in [0.2, 0.25) is 0 Å². The summed E-state index contributed by atoms with van der Waals surface area (Å²) in [6.45, 7) is 0. The van der Waals surface area contributed by atoms with E-state index in [0.717, 1.165) is 55.9 Å². The van der Waals surface area contributed by atoms with Crippen molar-refractivity contribution in [2.75, 3.05) is 0 Å². The van der Waals surface area contributed by atoms with Gasteiger partial charge in [-0.1, -0.05) is 255 Å². The third-order valence-corrected chi connectivity index (χ3v) is 12.4. The third-order valence-electron chi connectivity index (χ3n) is 12.4. The van der Waals surface area contributed by atoms with Crippen molar-refractivity contribution in [3.05, 3.63) is 267 Å². The Bertz CT molecular complexity index is 3270. The van der Waals surface area contributed by atoms with E-state index in [2.05, 4.69) is 267 Å². The molecule has 0 unspecified atom stereocenters. The monoisotopic (exact) mass is 840 g/mol. The van der Waals surface area contributed by atoms with Crippen molar-refractivity contribution in [2.45, 2.75) is 0 Å². The molecule has 0 N–H and O–H groups in total. The highest BCUT2D eigenvalue weighted by Crippen LogP contribution is 2.50. The number of rotatable bonds is 10. The second-order valence-electron chi connectivity index (χ2n) is 16.5. The van der Waals surface area contributed by atoms with Crippen LogP contribution < -0.4 is 0 Å². The van der Waals surface area contributed by atoms with Crippen LogP contribution in [0.5, 0.6) is 0 Å². The topological polar surface area (TPSA) is 25.8 Å². The summed E-state index contributed by atoms with van der Waals surface area (Å²) >= 11 is 0. The smallest absolute Gasteiger partial charge is 0.160 e. The van der Waals surface area contributed by atoms with Gasteiger partial charge in [0.1, 0.15) is 0 Å². The van der Waals surface area contributed by atoms with Gasteiger partial charge in [0.05, 0.1) is 11.4 Å². The highest BCUT2D eigenvalue weighted by atomic mass is 14.9. The van der Waals surface area contributed by atoms with Crippen LogP contribution in [0.25, 0.3) is 112 Å². The molecular weight excluding hydrogens is 797 g/mol. The summed E-state index contributed by atoms with van der Waals surface area (Å²) in [6.07, 6.45) is 0. The quantitative estimate of drug-likeness (QED) is 0.137. The fraction of sp³-hybridized carbons (Fsp3) is 0. The fourth-order valence-electron chi connectivity index (χ4n) is 9.06. The molecule has 0 spiro atoms. The number of nitrogens with zero attached hydrogens (tertiary/aromatic N) is 2. The Morgan fingerprint density at radius 2 is 0.439 bits per heavy atom. The van der Waals surface area contributed by atoms with E-state index in [1.165, 1.54) is 50.1 Å². The normalized spacial score (nSPS) is 11.0. The minimum Gasteiger partial charge on any atom is -0.228 e. The SMILES string of the molecule is c1ccc(-c2ccc(-c3cc(-c4ccc(-c5ccccc5)cc4)nc(-c4ccc(-c5cc(-c6ccccc6)c(-c6ccccc6)c(-c6ccccc6)c5-c5ccccc5)cc4)n3)cc2)cc1. The Labute approximate surface area is 386 Å². The largest absolute Gasteiger partial charge is 0.228 e. The van der Waals surface area contributed by atoms with E-state index in [0.29, 0.717) is 5.82 Å². The maximum atomic E-state index is 5.28. The first-order valence-electron chi connectivity index (χ1n) is 22.5. The van der Waals surface area contributed by atoms with Gasteiger partial charge >= 0.3 is 0 Å². The van der Waals surface area contributed by atoms with Crippen LogP contribution in [0.15, 0.2) is 267 Å². The van der Waals surface area contributed by atoms with E-state index in [-0.39, 0.29) is 0 Å². The Balaban J connectivity index is 1.08. The maximum Gasteiger partial charge on any atom is 0.160 e. The maximum absolute atomic E-state index is 5.28. The van der Waals surface area contributed by atoms with Crippen molar-refractivity contribution < 1.29 is 0 Å². The van der Waals surface area contributed by atoms with E-state index < -0.39 is 0 Å². The van der Waals surface area contributed by atoms with Gasteiger partial charge in [-0.25, -0.2) is 9.97 Å². The first-order chi connectivity index (χ1) is 32.7. The molecule has 310 valence electrons. The van der Waals surface area contributed by atoms with Crippen molar-refractivity contribution in [1.82, 2.24) is 9.97 Å². The van der Waals surface area contributed by atoms with Gasteiger partial charge in [0, 0.05) is 16.7 Å². The lowest BCUT2D eigenvalue weighted by Crippen LogP contribution is -1.98. The lowest BCUT2D eigenvalue weighted by molar-refractivity contribution is 1.18. The van der Waals surface area contributed by atoms with Crippen LogP contribution in [-0.2, 0) is 0 Å². The van der Waals surface area contributed by atoms with Gasteiger partial charge in [-0.2, -0.15) is 0 Å². The Hall–Kier alpha value is -8.72. The van der Waals surface area contributed by atoms with Crippen LogP contribution in [0.1, 0.15) is 0 Å². The minimum absolute atomic E-state index is 0.672. The summed E-state index contributed by atoms with van der Waals surface area (Å²) in [5, 5.41) is 0. The molecule has 0 bridgehead atoms. The Morgan fingerprint density at radius 1 is 0.182 bits per heavy atom. The van der Waals surface area contributed by atoms with E-state index in [1.807, 2.05) is 0 Å². The molecule has 0 saturated carbocycles. The van der Waals surface area contributed by atoms with Gasteiger partial charge < -0.3 is 0 Å². The lowest BCUT2D eigenvalue weighted by Gasteiger charge is -2.24. The van der Waals surface area contributed by atoms with Crippen molar-refractivity contribution in [2.24, 2.45) is 0 Å². The van der Waals surface area contributed by atoms with Gasteiger partial charge in [0.25, 0.3) is 0 Å². The van der Waals surface area contributed by atoms with Crippen LogP contribution in [0, 0.1) is 0 Å². The van der Waals surface area contributed by atoms with E-state index in [1.54, 1.807) is 0 Å². The van der Waals surface area contributed by atoms with E-state index in [4.69, 9.17) is 9.97 Å². The molecule has 0 fully saturated rings. The van der Waals surface area contributed by atoms with Crippen LogP contribution in [0.4, 0.5) is 0 Å². The predicted octanol–water partition coefficient (Wildman–Crippen LogP) is 17.1. The number of hydrogen-bond acceptors (Lipinski definition) is 2. The molecule has 0 aliphatic carbocycles. The lowest BCUT2D eigenvalue weighted by atomic mass is 9.79. The minimum atomic E-state index is 0.672.